The molecule has 0 heterocycles. The largest absolute Gasteiger partial charge is 0.385 e. The van der Waals surface area contributed by atoms with Crippen LogP contribution in [0, 0.1) is 11.6 Å². The van der Waals surface area contributed by atoms with Crippen molar-refractivity contribution >= 4 is 0 Å². The molecule has 0 amide bonds. The van der Waals surface area contributed by atoms with Gasteiger partial charge in [-0.2, -0.15) is 0 Å². The Morgan fingerprint density at radius 1 is 1.33 bits per heavy atom. The SMILES string of the molecule is COCCCC(N)c1c(F)cccc1F. The van der Waals surface area contributed by atoms with Crippen LogP contribution in [0.2, 0.25) is 0 Å². The van der Waals surface area contributed by atoms with Crippen LogP contribution in [-0.4, -0.2) is 13.7 Å². The first-order valence-corrected chi connectivity index (χ1v) is 4.85. The van der Waals surface area contributed by atoms with E-state index >= 15 is 0 Å². The number of nitrogens with two attached hydrogens (primary N) is 1. The molecule has 1 rings (SSSR count). The molecule has 2 nitrogen and oxygen atoms in total. The van der Waals surface area contributed by atoms with Crippen LogP contribution in [0.4, 0.5) is 8.78 Å². The third kappa shape index (κ3) is 3.25. The topological polar surface area (TPSA) is 35.2 Å². The molecule has 0 spiro atoms. The van der Waals surface area contributed by atoms with Crippen LogP contribution < -0.4 is 5.73 Å². The Morgan fingerprint density at radius 3 is 2.47 bits per heavy atom. The smallest absolute Gasteiger partial charge is 0.130 e. The van der Waals surface area contributed by atoms with E-state index in [9.17, 15) is 8.78 Å². The summed E-state index contributed by atoms with van der Waals surface area (Å²) in [4.78, 5) is 0. The zero-order valence-corrected chi connectivity index (χ0v) is 8.67. The summed E-state index contributed by atoms with van der Waals surface area (Å²) in [5, 5.41) is 0. The molecule has 0 saturated carbocycles. The first kappa shape index (κ1) is 12.1. The van der Waals surface area contributed by atoms with Gasteiger partial charge in [0.2, 0.25) is 0 Å². The zero-order valence-electron chi connectivity index (χ0n) is 8.67. The van der Waals surface area contributed by atoms with E-state index in [1.807, 2.05) is 0 Å². The highest BCUT2D eigenvalue weighted by molar-refractivity contribution is 5.22. The van der Waals surface area contributed by atoms with E-state index in [-0.39, 0.29) is 5.56 Å². The zero-order chi connectivity index (χ0) is 11.3. The van der Waals surface area contributed by atoms with Gasteiger partial charge in [0.05, 0.1) is 0 Å². The summed E-state index contributed by atoms with van der Waals surface area (Å²) in [7, 11) is 1.58. The second-order valence-corrected chi connectivity index (χ2v) is 3.38. The molecule has 0 aliphatic heterocycles. The number of halogens is 2. The van der Waals surface area contributed by atoms with Gasteiger partial charge in [-0.05, 0) is 25.0 Å². The third-order valence-electron chi connectivity index (χ3n) is 2.23. The van der Waals surface area contributed by atoms with Crippen molar-refractivity contribution in [2.24, 2.45) is 5.73 Å². The summed E-state index contributed by atoms with van der Waals surface area (Å²) in [6.45, 7) is 0.545. The standard InChI is InChI=1S/C11H15F2NO/c1-15-7-3-6-10(14)11-8(12)4-2-5-9(11)13/h2,4-5,10H,3,6-7,14H2,1H3. The Labute approximate surface area is 88.0 Å². The minimum Gasteiger partial charge on any atom is -0.385 e. The van der Waals surface area contributed by atoms with Crippen molar-refractivity contribution in [1.29, 1.82) is 0 Å². The highest BCUT2D eigenvalue weighted by Gasteiger charge is 2.15. The van der Waals surface area contributed by atoms with Gasteiger partial charge in [0.15, 0.2) is 0 Å². The molecule has 1 aromatic carbocycles. The van der Waals surface area contributed by atoms with Gasteiger partial charge in [-0.3, -0.25) is 0 Å². The van der Waals surface area contributed by atoms with Crippen LogP contribution in [0.5, 0.6) is 0 Å². The van der Waals surface area contributed by atoms with Gasteiger partial charge < -0.3 is 10.5 Å². The van der Waals surface area contributed by atoms with Crippen LogP contribution in [0.1, 0.15) is 24.4 Å². The quantitative estimate of drug-likeness (QED) is 0.765. The number of hydrogen-bond acceptors (Lipinski definition) is 2. The average molecular weight is 215 g/mol. The Balaban J connectivity index is 2.68. The molecule has 2 N–H and O–H groups in total. The molecule has 0 fully saturated rings. The normalized spacial score (nSPS) is 12.8. The molecule has 1 unspecified atom stereocenters. The second-order valence-electron chi connectivity index (χ2n) is 3.38. The predicted octanol–water partition coefficient (Wildman–Crippen LogP) is 2.39. The van der Waals surface area contributed by atoms with Crippen molar-refractivity contribution in [2.45, 2.75) is 18.9 Å². The van der Waals surface area contributed by atoms with Crippen molar-refractivity contribution in [3.63, 3.8) is 0 Å². The van der Waals surface area contributed by atoms with Gasteiger partial charge in [0.1, 0.15) is 11.6 Å². The summed E-state index contributed by atoms with van der Waals surface area (Å²) in [5.41, 5.74) is 5.67. The van der Waals surface area contributed by atoms with Gasteiger partial charge in [-0.1, -0.05) is 6.07 Å². The Kier molecular flexibility index (Phi) is 4.65. The Hall–Kier alpha value is -1.00. The molecule has 0 aromatic heterocycles. The van der Waals surface area contributed by atoms with Crippen LogP contribution in [0.25, 0.3) is 0 Å². The summed E-state index contributed by atoms with van der Waals surface area (Å²) in [6.07, 6.45) is 1.19. The fraction of sp³-hybridized carbons (Fsp3) is 0.455. The summed E-state index contributed by atoms with van der Waals surface area (Å²) in [6, 6.07) is 3.15. The molecule has 0 aliphatic rings. The number of benzene rings is 1. The van der Waals surface area contributed by atoms with E-state index in [2.05, 4.69) is 0 Å². The fourth-order valence-electron chi connectivity index (χ4n) is 1.46. The number of rotatable bonds is 5. The van der Waals surface area contributed by atoms with Gasteiger partial charge in [-0.15, -0.1) is 0 Å². The van der Waals surface area contributed by atoms with E-state index in [4.69, 9.17) is 10.5 Å². The lowest BCUT2D eigenvalue weighted by Gasteiger charge is -2.13. The molecule has 0 saturated heterocycles. The van der Waals surface area contributed by atoms with Crippen LogP contribution >= 0.6 is 0 Å². The Bertz CT molecular complexity index is 297. The lowest BCUT2D eigenvalue weighted by Crippen LogP contribution is -2.14. The monoisotopic (exact) mass is 215 g/mol. The molecular formula is C11H15F2NO. The van der Waals surface area contributed by atoms with Gasteiger partial charge in [0.25, 0.3) is 0 Å². The third-order valence-corrected chi connectivity index (χ3v) is 2.23. The lowest BCUT2D eigenvalue weighted by molar-refractivity contribution is 0.190. The molecule has 0 aliphatic carbocycles. The van der Waals surface area contributed by atoms with Crippen molar-refractivity contribution in [3.05, 3.63) is 35.4 Å². The van der Waals surface area contributed by atoms with Crippen LogP contribution in [-0.2, 0) is 4.74 Å². The van der Waals surface area contributed by atoms with Gasteiger partial charge >= 0.3 is 0 Å². The molecular weight excluding hydrogens is 200 g/mol. The van der Waals surface area contributed by atoms with E-state index in [1.165, 1.54) is 18.2 Å². The van der Waals surface area contributed by atoms with E-state index < -0.39 is 17.7 Å². The predicted molar refractivity (Wildman–Crippen MR) is 54.4 cm³/mol. The van der Waals surface area contributed by atoms with Gasteiger partial charge in [-0.25, -0.2) is 8.78 Å². The molecule has 1 atom stereocenters. The molecule has 0 bridgehead atoms. The average Bonchev–Trinajstić information content (AvgIpc) is 2.18. The lowest BCUT2D eigenvalue weighted by atomic mass is 10.0. The maximum Gasteiger partial charge on any atom is 0.130 e. The summed E-state index contributed by atoms with van der Waals surface area (Å²) >= 11 is 0. The second kappa shape index (κ2) is 5.78. The number of hydrogen-bond donors (Lipinski definition) is 1. The summed E-state index contributed by atoms with van der Waals surface area (Å²) in [5.74, 6) is -1.17. The highest BCUT2D eigenvalue weighted by atomic mass is 19.1. The number of ether oxygens (including phenoxy) is 1. The Morgan fingerprint density at radius 2 is 1.93 bits per heavy atom. The van der Waals surface area contributed by atoms with Gasteiger partial charge in [0, 0.05) is 25.3 Å². The maximum atomic E-state index is 13.3. The summed E-state index contributed by atoms with van der Waals surface area (Å²) < 4.78 is 31.4. The highest BCUT2D eigenvalue weighted by Crippen LogP contribution is 2.22. The molecule has 84 valence electrons. The van der Waals surface area contributed by atoms with Crippen molar-refractivity contribution in [2.75, 3.05) is 13.7 Å². The van der Waals surface area contributed by atoms with Crippen molar-refractivity contribution < 1.29 is 13.5 Å². The fourth-order valence-corrected chi connectivity index (χ4v) is 1.46. The van der Waals surface area contributed by atoms with E-state index in [1.54, 1.807) is 7.11 Å². The van der Waals surface area contributed by atoms with Crippen LogP contribution in [0.3, 0.4) is 0 Å². The molecule has 15 heavy (non-hydrogen) atoms. The van der Waals surface area contributed by atoms with E-state index in [0.717, 1.165) is 0 Å². The van der Waals surface area contributed by atoms with Crippen molar-refractivity contribution in [3.8, 4) is 0 Å². The molecule has 1 aromatic rings. The molecule has 4 heteroatoms. The first-order chi connectivity index (χ1) is 7.16. The maximum absolute atomic E-state index is 13.3. The van der Waals surface area contributed by atoms with Crippen molar-refractivity contribution in [1.82, 2.24) is 0 Å². The number of methoxy groups -OCH3 is 1. The molecule has 0 radical (unpaired) electrons. The minimum absolute atomic E-state index is 0.0337. The van der Waals surface area contributed by atoms with E-state index in [0.29, 0.717) is 19.4 Å². The first-order valence-electron chi connectivity index (χ1n) is 4.85. The van der Waals surface area contributed by atoms with Crippen LogP contribution in [0.15, 0.2) is 18.2 Å². The minimum atomic E-state index is -0.610.